The Morgan fingerprint density at radius 3 is 2.84 bits per heavy atom. The number of nitrogens with one attached hydrogen (secondary N) is 1. The van der Waals surface area contributed by atoms with E-state index in [-0.39, 0.29) is 5.41 Å². The second-order valence-electron chi connectivity index (χ2n) is 8.08. The number of ether oxygens (including phenoxy) is 1. The number of nitrogens with zero attached hydrogens (tertiary/aromatic N) is 3. The van der Waals surface area contributed by atoms with Crippen molar-refractivity contribution in [3.63, 3.8) is 0 Å². The van der Waals surface area contributed by atoms with Gasteiger partial charge in [0.1, 0.15) is 0 Å². The third-order valence-corrected chi connectivity index (χ3v) is 7.09. The first-order chi connectivity index (χ1) is 12.1. The molecule has 3 aliphatic rings. The van der Waals surface area contributed by atoms with Crippen LogP contribution in [-0.4, -0.2) is 67.7 Å². The molecule has 3 fully saturated rings. The van der Waals surface area contributed by atoms with Gasteiger partial charge in [0.05, 0.1) is 6.10 Å². The lowest BCUT2D eigenvalue weighted by molar-refractivity contribution is -0.107. The minimum atomic E-state index is 0.193. The zero-order valence-electron chi connectivity index (χ0n) is 15.6. The van der Waals surface area contributed by atoms with E-state index in [9.17, 15) is 0 Å². The maximum atomic E-state index is 5.92. The van der Waals surface area contributed by atoms with Crippen LogP contribution in [0.4, 0.5) is 0 Å². The molecule has 0 amide bonds. The normalized spacial score (nSPS) is 32.4. The standard InChI is InChI=1S/C19H30N4OS/c1-19(2)16(15-6-11-24-17(15)19)21-18(20-3)23-9-7-22(8-10-23)13-14-5-4-12-25-14/h4-5,12,15-17H,6-11,13H2,1-3H3,(H,20,21). The predicted molar refractivity (Wildman–Crippen MR) is 103 cm³/mol. The molecule has 3 heterocycles. The summed E-state index contributed by atoms with van der Waals surface area (Å²) < 4.78 is 5.92. The molecule has 3 unspecified atom stereocenters. The van der Waals surface area contributed by atoms with Crippen LogP contribution in [0.5, 0.6) is 0 Å². The molecule has 4 rings (SSSR count). The van der Waals surface area contributed by atoms with E-state index in [1.165, 1.54) is 11.3 Å². The molecule has 25 heavy (non-hydrogen) atoms. The van der Waals surface area contributed by atoms with E-state index >= 15 is 0 Å². The summed E-state index contributed by atoms with van der Waals surface area (Å²) in [4.78, 5) is 11.0. The van der Waals surface area contributed by atoms with Gasteiger partial charge < -0.3 is 15.0 Å². The van der Waals surface area contributed by atoms with Crippen molar-refractivity contribution in [1.29, 1.82) is 0 Å². The molecule has 0 aromatic carbocycles. The molecular formula is C19H30N4OS. The Bertz CT molecular complexity index is 607. The molecule has 2 saturated heterocycles. The molecule has 1 N–H and O–H groups in total. The smallest absolute Gasteiger partial charge is 0.193 e. The molecule has 0 spiro atoms. The van der Waals surface area contributed by atoms with Crippen molar-refractivity contribution < 1.29 is 4.74 Å². The molecule has 1 aromatic rings. The largest absolute Gasteiger partial charge is 0.377 e. The molecule has 5 nitrogen and oxygen atoms in total. The Balaban J connectivity index is 1.32. The van der Waals surface area contributed by atoms with Gasteiger partial charge in [0.15, 0.2) is 5.96 Å². The van der Waals surface area contributed by atoms with E-state index in [1.54, 1.807) is 0 Å². The van der Waals surface area contributed by atoms with Crippen molar-refractivity contribution in [3.8, 4) is 0 Å². The van der Waals surface area contributed by atoms with Gasteiger partial charge in [0, 0.05) is 68.6 Å². The van der Waals surface area contributed by atoms with Crippen LogP contribution < -0.4 is 5.32 Å². The monoisotopic (exact) mass is 362 g/mol. The quantitative estimate of drug-likeness (QED) is 0.661. The van der Waals surface area contributed by atoms with Crippen molar-refractivity contribution in [3.05, 3.63) is 22.4 Å². The maximum absolute atomic E-state index is 5.92. The Morgan fingerprint density at radius 1 is 1.36 bits per heavy atom. The number of fused-ring (bicyclic) bond motifs is 1. The first-order valence-electron chi connectivity index (χ1n) is 9.44. The van der Waals surface area contributed by atoms with E-state index in [4.69, 9.17) is 4.74 Å². The van der Waals surface area contributed by atoms with Crippen LogP contribution in [0, 0.1) is 11.3 Å². The molecule has 1 aromatic heterocycles. The van der Waals surface area contributed by atoms with Gasteiger partial charge in [-0.1, -0.05) is 19.9 Å². The summed E-state index contributed by atoms with van der Waals surface area (Å²) in [6.45, 7) is 10.9. The van der Waals surface area contributed by atoms with Gasteiger partial charge in [0.2, 0.25) is 0 Å². The first-order valence-corrected chi connectivity index (χ1v) is 10.3. The molecule has 6 heteroatoms. The van der Waals surface area contributed by atoms with E-state index in [0.717, 1.165) is 45.3 Å². The fraction of sp³-hybridized carbons (Fsp3) is 0.737. The Labute approximate surface area is 155 Å². The van der Waals surface area contributed by atoms with Crippen LogP contribution in [0.25, 0.3) is 0 Å². The van der Waals surface area contributed by atoms with Crippen LogP contribution in [0.3, 0.4) is 0 Å². The third kappa shape index (κ3) is 3.20. The number of hydrogen-bond donors (Lipinski definition) is 1. The zero-order valence-corrected chi connectivity index (χ0v) is 16.4. The highest BCUT2D eigenvalue weighted by Crippen LogP contribution is 2.52. The van der Waals surface area contributed by atoms with E-state index in [0.29, 0.717) is 18.1 Å². The average Bonchev–Trinajstić information content (AvgIpc) is 3.27. The fourth-order valence-corrected chi connectivity index (χ4v) is 5.54. The lowest BCUT2D eigenvalue weighted by Gasteiger charge is -2.55. The average molecular weight is 363 g/mol. The lowest BCUT2D eigenvalue weighted by Crippen LogP contribution is -2.68. The van der Waals surface area contributed by atoms with Gasteiger partial charge in [-0.3, -0.25) is 9.89 Å². The summed E-state index contributed by atoms with van der Waals surface area (Å²) in [5.74, 6) is 1.71. The van der Waals surface area contributed by atoms with Gasteiger partial charge >= 0.3 is 0 Å². The second-order valence-corrected chi connectivity index (χ2v) is 9.11. The van der Waals surface area contributed by atoms with E-state index < -0.39 is 0 Å². The highest BCUT2D eigenvalue weighted by molar-refractivity contribution is 7.09. The van der Waals surface area contributed by atoms with Crippen molar-refractivity contribution in [2.75, 3.05) is 39.8 Å². The summed E-state index contributed by atoms with van der Waals surface area (Å²) in [5, 5.41) is 5.94. The van der Waals surface area contributed by atoms with Crippen molar-refractivity contribution in [1.82, 2.24) is 15.1 Å². The number of piperazine rings is 1. The molecular weight excluding hydrogens is 332 g/mol. The number of guanidine groups is 1. The third-order valence-electron chi connectivity index (χ3n) is 6.23. The predicted octanol–water partition coefficient (Wildman–Crippen LogP) is 2.25. The van der Waals surface area contributed by atoms with Gasteiger partial charge in [-0.05, 0) is 17.9 Å². The van der Waals surface area contributed by atoms with Gasteiger partial charge in [-0.2, -0.15) is 0 Å². The summed E-state index contributed by atoms with van der Waals surface area (Å²) >= 11 is 1.85. The minimum absolute atomic E-state index is 0.193. The zero-order chi connectivity index (χ0) is 17.4. The van der Waals surface area contributed by atoms with Crippen LogP contribution in [0.15, 0.2) is 22.5 Å². The highest BCUT2D eigenvalue weighted by atomic mass is 32.1. The Kier molecular flexibility index (Phi) is 4.77. The van der Waals surface area contributed by atoms with Gasteiger partial charge in [0.25, 0.3) is 0 Å². The van der Waals surface area contributed by atoms with Crippen LogP contribution in [-0.2, 0) is 11.3 Å². The lowest BCUT2D eigenvalue weighted by atomic mass is 9.57. The van der Waals surface area contributed by atoms with E-state index in [2.05, 4.69) is 51.5 Å². The van der Waals surface area contributed by atoms with Crippen LogP contribution >= 0.6 is 11.3 Å². The fourth-order valence-electron chi connectivity index (χ4n) is 4.79. The van der Waals surface area contributed by atoms with E-state index in [1.807, 2.05) is 18.4 Å². The van der Waals surface area contributed by atoms with Crippen molar-refractivity contribution in [2.24, 2.45) is 16.3 Å². The summed E-state index contributed by atoms with van der Waals surface area (Å²) in [7, 11) is 1.91. The SMILES string of the molecule is CN=C(NC1C2CCOC2C1(C)C)N1CCN(Cc2cccs2)CC1. The highest BCUT2D eigenvalue weighted by Gasteiger charge is 2.59. The summed E-state index contributed by atoms with van der Waals surface area (Å²) in [5.41, 5.74) is 0.193. The van der Waals surface area contributed by atoms with Crippen molar-refractivity contribution in [2.45, 2.75) is 39.0 Å². The molecule has 0 radical (unpaired) electrons. The number of hydrogen-bond acceptors (Lipinski definition) is 4. The molecule has 1 aliphatic carbocycles. The van der Waals surface area contributed by atoms with Crippen LogP contribution in [0.1, 0.15) is 25.1 Å². The Morgan fingerprint density at radius 2 is 2.16 bits per heavy atom. The van der Waals surface area contributed by atoms with Gasteiger partial charge in [-0.25, -0.2) is 0 Å². The maximum Gasteiger partial charge on any atom is 0.193 e. The molecule has 138 valence electrons. The number of thiophene rings is 1. The summed E-state index contributed by atoms with van der Waals surface area (Å²) in [6.07, 6.45) is 1.60. The second kappa shape index (κ2) is 6.89. The minimum Gasteiger partial charge on any atom is -0.377 e. The number of rotatable bonds is 3. The molecule has 1 saturated carbocycles. The molecule has 0 bridgehead atoms. The van der Waals surface area contributed by atoms with Crippen LogP contribution in [0.2, 0.25) is 0 Å². The van der Waals surface area contributed by atoms with Crippen molar-refractivity contribution >= 4 is 17.3 Å². The molecule has 2 aliphatic heterocycles. The summed E-state index contributed by atoms with van der Waals surface area (Å²) in [6, 6.07) is 4.85. The topological polar surface area (TPSA) is 40.1 Å². The first kappa shape index (κ1) is 17.3. The Hall–Kier alpha value is -1.11. The molecule has 3 atom stereocenters. The van der Waals surface area contributed by atoms with Gasteiger partial charge in [-0.15, -0.1) is 11.3 Å². The number of aliphatic imine (C=N–C) groups is 1.